The monoisotopic (exact) mass is 208 g/mol. The van der Waals surface area contributed by atoms with Gasteiger partial charge in [-0.1, -0.05) is 54.6 Å². The average molecular weight is 208 g/mol. The molecule has 78 valence electrons. The maximum absolute atomic E-state index is 5.93. The molecule has 0 aliphatic carbocycles. The Morgan fingerprint density at radius 3 is 2.44 bits per heavy atom. The normalized spacial score (nSPS) is 17.6. The first kappa shape index (κ1) is 9.22. The lowest BCUT2D eigenvalue weighted by Crippen LogP contribution is -2.08. The van der Waals surface area contributed by atoms with E-state index < -0.39 is 0 Å². The van der Waals surface area contributed by atoms with Crippen molar-refractivity contribution in [3.8, 4) is 5.75 Å². The first-order valence-electron chi connectivity index (χ1n) is 5.42. The van der Waals surface area contributed by atoms with E-state index in [1.54, 1.807) is 0 Å². The van der Waals surface area contributed by atoms with Crippen LogP contribution in [0.4, 0.5) is 0 Å². The summed E-state index contributed by atoms with van der Waals surface area (Å²) in [4.78, 5) is 0. The molecule has 16 heavy (non-hydrogen) atoms. The molecule has 0 saturated carbocycles. The van der Waals surface area contributed by atoms with E-state index in [1.807, 2.05) is 36.4 Å². The Labute approximate surface area is 95.0 Å². The van der Waals surface area contributed by atoms with E-state index in [1.165, 1.54) is 5.56 Å². The maximum atomic E-state index is 5.93. The molecule has 1 aliphatic heterocycles. The van der Waals surface area contributed by atoms with Crippen molar-refractivity contribution in [1.29, 1.82) is 0 Å². The van der Waals surface area contributed by atoms with Crippen LogP contribution in [0.5, 0.6) is 5.75 Å². The molecule has 0 bridgehead atoms. The molecule has 2 aromatic rings. The molecule has 3 rings (SSSR count). The van der Waals surface area contributed by atoms with E-state index in [0.717, 1.165) is 11.3 Å². The van der Waals surface area contributed by atoms with Crippen LogP contribution in [0.1, 0.15) is 17.2 Å². The van der Waals surface area contributed by atoms with Crippen LogP contribution in [0, 0.1) is 0 Å². The SMILES string of the molecule is C1=CC(c2ccccc2)Oc2ccccc21. The highest BCUT2D eigenvalue weighted by Crippen LogP contribution is 2.31. The van der Waals surface area contributed by atoms with Gasteiger partial charge in [0.25, 0.3) is 0 Å². The Hall–Kier alpha value is -2.02. The Balaban J connectivity index is 1.95. The van der Waals surface area contributed by atoms with Crippen molar-refractivity contribution in [2.75, 3.05) is 0 Å². The Morgan fingerprint density at radius 1 is 0.812 bits per heavy atom. The molecule has 1 atom stereocenters. The highest BCUT2D eigenvalue weighted by Gasteiger charge is 2.15. The third-order valence-electron chi connectivity index (χ3n) is 2.75. The van der Waals surface area contributed by atoms with Crippen LogP contribution in [0.25, 0.3) is 6.08 Å². The summed E-state index contributed by atoms with van der Waals surface area (Å²) in [6.07, 6.45) is 4.25. The summed E-state index contributed by atoms with van der Waals surface area (Å²) in [6, 6.07) is 18.4. The van der Waals surface area contributed by atoms with Gasteiger partial charge in [0.2, 0.25) is 0 Å². The van der Waals surface area contributed by atoms with Gasteiger partial charge in [0, 0.05) is 5.56 Å². The molecule has 0 N–H and O–H groups in total. The van der Waals surface area contributed by atoms with Gasteiger partial charge in [-0.3, -0.25) is 0 Å². The van der Waals surface area contributed by atoms with Gasteiger partial charge in [-0.05, 0) is 17.7 Å². The Kier molecular flexibility index (Phi) is 2.22. The Morgan fingerprint density at radius 2 is 1.56 bits per heavy atom. The zero-order chi connectivity index (χ0) is 10.8. The summed E-state index contributed by atoms with van der Waals surface area (Å²) in [7, 11) is 0. The molecule has 1 heterocycles. The fraction of sp³-hybridized carbons (Fsp3) is 0.0667. The van der Waals surface area contributed by atoms with Gasteiger partial charge in [0.15, 0.2) is 0 Å². The van der Waals surface area contributed by atoms with Crippen molar-refractivity contribution in [2.45, 2.75) is 6.10 Å². The second-order valence-corrected chi connectivity index (χ2v) is 3.85. The second kappa shape index (κ2) is 3.86. The van der Waals surface area contributed by atoms with E-state index in [2.05, 4.69) is 30.4 Å². The van der Waals surface area contributed by atoms with Crippen LogP contribution in [0.2, 0.25) is 0 Å². The number of para-hydroxylation sites is 1. The van der Waals surface area contributed by atoms with Crippen molar-refractivity contribution < 1.29 is 4.74 Å². The minimum Gasteiger partial charge on any atom is -0.481 e. The molecule has 0 aromatic heterocycles. The molecular formula is C15H12O. The minimum absolute atomic E-state index is 0.0381. The summed E-state index contributed by atoms with van der Waals surface area (Å²) in [5.41, 5.74) is 2.34. The predicted octanol–water partition coefficient (Wildman–Crippen LogP) is 3.83. The Bertz CT molecular complexity index is 514. The van der Waals surface area contributed by atoms with Crippen molar-refractivity contribution in [1.82, 2.24) is 0 Å². The van der Waals surface area contributed by atoms with Crippen LogP contribution in [-0.4, -0.2) is 0 Å². The summed E-state index contributed by atoms with van der Waals surface area (Å²) in [6.45, 7) is 0. The molecule has 0 amide bonds. The number of ether oxygens (including phenoxy) is 1. The largest absolute Gasteiger partial charge is 0.481 e. The zero-order valence-corrected chi connectivity index (χ0v) is 8.84. The third-order valence-corrected chi connectivity index (χ3v) is 2.75. The van der Waals surface area contributed by atoms with Gasteiger partial charge in [-0.15, -0.1) is 0 Å². The lowest BCUT2D eigenvalue weighted by Gasteiger charge is -2.21. The molecule has 1 heteroatoms. The van der Waals surface area contributed by atoms with Crippen LogP contribution >= 0.6 is 0 Å². The smallest absolute Gasteiger partial charge is 0.142 e. The lowest BCUT2D eigenvalue weighted by atomic mass is 10.0. The lowest BCUT2D eigenvalue weighted by molar-refractivity contribution is 0.252. The predicted molar refractivity (Wildman–Crippen MR) is 65.3 cm³/mol. The number of benzene rings is 2. The van der Waals surface area contributed by atoms with Crippen molar-refractivity contribution >= 4 is 6.08 Å². The van der Waals surface area contributed by atoms with Gasteiger partial charge >= 0.3 is 0 Å². The molecule has 0 spiro atoms. The molecule has 1 aliphatic rings. The number of rotatable bonds is 1. The average Bonchev–Trinajstić information content (AvgIpc) is 2.39. The van der Waals surface area contributed by atoms with Gasteiger partial charge in [-0.2, -0.15) is 0 Å². The molecule has 0 fully saturated rings. The number of hydrogen-bond donors (Lipinski definition) is 0. The quantitative estimate of drug-likeness (QED) is 0.692. The van der Waals surface area contributed by atoms with Crippen LogP contribution in [0.15, 0.2) is 60.7 Å². The van der Waals surface area contributed by atoms with Crippen molar-refractivity contribution in [3.05, 3.63) is 71.8 Å². The van der Waals surface area contributed by atoms with Crippen molar-refractivity contribution in [2.24, 2.45) is 0 Å². The van der Waals surface area contributed by atoms with E-state index in [-0.39, 0.29) is 6.10 Å². The van der Waals surface area contributed by atoms with E-state index in [4.69, 9.17) is 4.74 Å². The summed E-state index contributed by atoms with van der Waals surface area (Å²) in [5, 5.41) is 0. The van der Waals surface area contributed by atoms with E-state index in [0.29, 0.717) is 0 Å². The fourth-order valence-corrected chi connectivity index (χ4v) is 1.91. The first-order valence-corrected chi connectivity index (χ1v) is 5.42. The van der Waals surface area contributed by atoms with Crippen molar-refractivity contribution in [3.63, 3.8) is 0 Å². The van der Waals surface area contributed by atoms with E-state index in [9.17, 15) is 0 Å². The molecular weight excluding hydrogens is 196 g/mol. The summed E-state index contributed by atoms with van der Waals surface area (Å²) < 4.78 is 5.93. The van der Waals surface area contributed by atoms with Crippen LogP contribution in [0.3, 0.4) is 0 Å². The molecule has 1 nitrogen and oxygen atoms in total. The first-order chi connectivity index (χ1) is 7.93. The standard InChI is InChI=1S/C15H12O/c1-2-6-12(7-3-1)15-11-10-13-8-4-5-9-14(13)16-15/h1-11,15H. The fourth-order valence-electron chi connectivity index (χ4n) is 1.91. The highest BCUT2D eigenvalue weighted by molar-refractivity contribution is 5.60. The summed E-state index contributed by atoms with van der Waals surface area (Å²) in [5.74, 6) is 0.957. The molecule has 1 unspecified atom stereocenters. The van der Waals surface area contributed by atoms with Gasteiger partial charge in [0.1, 0.15) is 11.9 Å². The van der Waals surface area contributed by atoms with Gasteiger partial charge in [-0.25, -0.2) is 0 Å². The topological polar surface area (TPSA) is 9.23 Å². The second-order valence-electron chi connectivity index (χ2n) is 3.85. The molecule has 0 saturated heterocycles. The summed E-state index contributed by atoms with van der Waals surface area (Å²) >= 11 is 0. The highest BCUT2D eigenvalue weighted by atomic mass is 16.5. The zero-order valence-electron chi connectivity index (χ0n) is 8.84. The molecule has 2 aromatic carbocycles. The van der Waals surface area contributed by atoms with Gasteiger partial charge in [0.05, 0.1) is 0 Å². The molecule has 0 radical (unpaired) electrons. The van der Waals surface area contributed by atoms with Gasteiger partial charge < -0.3 is 4.74 Å². The third kappa shape index (κ3) is 1.61. The number of hydrogen-bond acceptors (Lipinski definition) is 1. The minimum atomic E-state index is 0.0381. The van der Waals surface area contributed by atoms with Crippen LogP contribution < -0.4 is 4.74 Å². The number of fused-ring (bicyclic) bond motifs is 1. The van der Waals surface area contributed by atoms with Crippen LogP contribution in [-0.2, 0) is 0 Å². The van der Waals surface area contributed by atoms with E-state index >= 15 is 0 Å². The maximum Gasteiger partial charge on any atom is 0.142 e.